The summed E-state index contributed by atoms with van der Waals surface area (Å²) in [4.78, 5) is 0. The second kappa shape index (κ2) is 6.55. The largest absolute Gasteiger partial charge is 0.395 e. The van der Waals surface area contributed by atoms with E-state index in [9.17, 15) is 5.11 Å². The Kier molecular flexibility index (Phi) is 5.05. The van der Waals surface area contributed by atoms with Gasteiger partial charge in [-0.2, -0.15) is 0 Å². The molecule has 0 bridgehead atoms. The van der Waals surface area contributed by atoms with Gasteiger partial charge < -0.3 is 10.4 Å². The van der Waals surface area contributed by atoms with Crippen LogP contribution in [-0.2, 0) is 0 Å². The zero-order valence-electron chi connectivity index (χ0n) is 11.1. The highest BCUT2D eigenvalue weighted by Crippen LogP contribution is 2.35. The molecule has 0 saturated heterocycles. The van der Waals surface area contributed by atoms with Crippen LogP contribution in [0, 0.1) is 5.92 Å². The van der Waals surface area contributed by atoms with Crippen molar-refractivity contribution >= 4 is 0 Å². The van der Waals surface area contributed by atoms with Crippen LogP contribution in [0.5, 0.6) is 0 Å². The van der Waals surface area contributed by atoms with Gasteiger partial charge in [-0.3, -0.25) is 0 Å². The average Bonchev–Trinajstić information content (AvgIpc) is 2.40. The van der Waals surface area contributed by atoms with Crippen LogP contribution in [0.4, 0.5) is 0 Å². The fourth-order valence-electron chi connectivity index (χ4n) is 3.39. The third-order valence-corrected chi connectivity index (χ3v) is 4.34. The van der Waals surface area contributed by atoms with Crippen molar-refractivity contribution in [2.24, 2.45) is 5.92 Å². The van der Waals surface area contributed by atoms with Gasteiger partial charge in [-0.1, -0.05) is 24.5 Å². The highest BCUT2D eigenvalue weighted by atomic mass is 16.3. The highest BCUT2D eigenvalue weighted by Gasteiger charge is 2.28. The molecule has 2 unspecified atom stereocenters. The Morgan fingerprint density at radius 3 is 2.82 bits per heavy atom. The van der Waals surface area contributed by atoms with Gasteiger partial charge in [0.1, 0.15) is 0 Å². The van der Waals surface area contributed by atoms with Crippen LogP contribution >= 0.6 is 0 Å². The lowest BCUT2D eigenvalue weighted by Gasteiger charge is -2.36. The average molecular weight is 237 g/mol. The van der Waals surface area contributed by atoms with Crippen LogP contribution in [-0.4, -0.2) is 23.8 Å². The lowest BCUT2D eigenvalue weighted by Crippen LogP contribution is -2.45. The van der Waals surface area contributed by atoms with E-state index in [1.165, 1.54) is 51.4 Å². The molecular formula is C15H27NO. The topological polar surface area (TPSA) is 32.3 Å². The number of nitrogens with one attached hydrogen (secondary N) is 1. The van der Waals surface area contributed by atoms with Crippen molar-refractivity contribution in [3.63, 3.8) is 0 Å². The summed E-state index contributed by atoms with van der Waals surface area (Å²) in [6, 6.07) is 0.847. The SMILES string of the molecule is C[C@H](CO)NC1CCCCC1C1=CCCCC1. The number of hydrogen-bond donors (Lipinski definition) is 2. The Hall–Kier alpha value is -0.340. The fraction of sp³-hybridized carbons (Fsp3) is 0.867. The highest BCUT2D eigenvalue weighted by molar-refractivity contribution is 5.13. The first-order valence-electron chi connectivity index (χ1n) is 7.37. The van der Waals surface area contributed by atoms with Gasteiger partial charge in [-0.05, 0) is 51.4 Å². The van der Waals surface area contributed by atoms with Crippen molar-refractivity contribution < 1.29 is 5.11 Å². The number of rotatable bonds is 4. The molecule has 1 saturated carbocycles. The smallest absolute Gasteiger partial charge is 0.0582 e. The molecule has 2 aliphatic carbocycles. The van der Waals surface area contributed by atoms with Gasteiger partial charge in [0.15, 0.2) is 0 Å². The van der Waals surface area contributed by atoms with Crippen molar-refractivity contribution in [1.29, 1.82) is 0 Å². The van der Waals surface area contributed by atoms with Crippen LogP contribution < -0.4 is 5.32 Å². The fourth-order valence-corrected chi connectivity index (χ4v) is 3.39. The molecule has 0 spiro atoms. The molecule has 0 amide bonds. The van der Waals surface area contributed by atoms with Crippen molar-refractivity contribution in [1.82, 2.24) is 5.32 Å². The summed E-state index contributed by atoms with van der Waals surface area (Å²) in [5.41, 5.74) is 1.71. The van der Waals surface area contributed by atoms with E-state index in [-0.39, 0.29) is 12.6 Å². The van der Waals surface area contributed by atoms with E-state index in [0.717, 1.165) is 5.92 Å². The van der Waals surface area contributed by atoms with Crippen molar-refractivity contribution in [3.05, 3.63) is 11.6 Å². The summed E-state index contributed by atoms with van der Waals surface area (Å²) in [7, 11) is 0. The molecule has 0 radical (unpaired) electrons. The van der Waals surface area contributed by atoms with Gasteiger partial charge in [-0.15, -0.1) is 0 Å². The van der Waals surface area contributed by atoms with Gasteiger partial charge in [0, 0.05) is 12.1 Å². The molecule has 3 atom stereocenters. The molecule has 0 heterocycles. The third kappa shape index (κ3) is 3.56. The molecule has 98 valence electrons. The molecule has 0 aromatic heterocycles. The summed E-state index contributed by atoms with van der Waals surface area (Å²) >= 11 is 0. The molecule has 0 aromatic rings. The van der Waals surface area contributed by atoms with Gasteiger partial charge in [0.05, 0.1) is 6.61 Å². The first-order valence-corrected chi connectivity index (χ1v) is 7.37. The number of allylic oxidation sites excluding steroid dienone is 1. The maximum atomic E-state index is 9.18. The number of aliphatic hydroxyl groups is 1. The van der Waals surface area contributed by atoms with Gasteiger partial charge in [-0.25, -0.2) is 0 Å². The van der Waals surface area contributed by atoms with E-state index in [1.807, 2.05) is 0 Å². The third-order valence-electron chi connectivity index (χ3n) is 4.34. The molecule has 0 aromatic carbocycles. The summed E-state index contributed by atoms with van der Waals surface area (Å²) in [5, 5.41) is 12.8. The zero-order valence-corrected chi connectivity index (χ0v) is 11.1. The Morgan fingerprint density at radius 2 is 2.12 bits per heavy atom. The predicted octanol–water partition coefficient (Wildman–Crippen LogP) is 3.02. The second-order valence-electron chi connectivity index (χ2n) is 5.77. The van der Waals surface area contributed by atoms with Crippen LogP contribution in [0.15, 0.2) is 11.6 Å². The summed E-state index contributed by atoms with van der Waals surface area (Å²) in [6.45, 7) is 2.34. The van der Waals surface area contributed by atoms with E-state index in [2.05, 4.69) is 18.3 Å². The minimum Gasteiger partial charge on any atom is -0.395 e. The minimum absolute atomic E-state index is 0.241. The van der Waals surface area contributed by atoms with Crippen molar-refractivity contribution in [2.45, 2.75) is 70.4 Å². The lowest BCUT2D eigenvalue weighted by molar-refractivity contribution is 0.207. The van der Waals surface area contributed by atoms with Crippen molar-refractivity contribution in [3.8, 4) is 0 Å². The van der Waals surface area contributed by atoms with E-state index >= 15 is 0 Å². The Labute approximate surface area is 105 Å². The van der Waals surface area contributed by atoms with E-state index in [4.69, 9.17) is 0 Å². The second-order valence-corrected chi connectivity index (χ2v) is 5.77. The van der Waals surface area contributed by atoms with Crippen LogP contribution in [0.1, 0.15) is 58.3 Å². The van der Waals surface area contributed by atoms with Gasteiger partial charge in [0.25, 0.3) is 0 Å². The number of aliphatic hydroxyl groups excluding tert-OH is 1. The molecule has 2 nitrogen and oxygen atoms in total. The standard InChI is InChI=1S/C15H27NO/c1-12(11-17)16-15-10-6-5-9-14(15)13-7-3-2-4-8-13/h7,12,14-17H,2-6,8-11H2,1H3/t12-,14?,15?/m1/s1. The summed E-state index contributed by atoms with van der Waals surface area (Å²) < 4.78 is 0. The predicted molar refractivity (Wildman–Crippen MR) is 72.0 cm³/mol. The maximum Gasteiger partial charge on any atom is 0.0582 e. The Balaban J connectivity index is 1.98. The Morgan fingerprint density at radius 1 is 1.29 bits per heavy atom. The van der Waals surface area contributed by atoms with E-state index < -0.39 is 0 Å². The van der Waals surface area contributed by atoms with E-state index in [0.29, 0.717) is 6.04 Å². The molecule has 2 aliphatic rings. The molecule has 2 N–H and O–H groups in total. The monoisotopic (exact) mass is 237 g/mol. The normalized spacial score (nSPS) is 32.0. The van der Waals surface area contributed by atoms with E-state index in [1.54, 1.807) is 5.57 Å². The lowest BCUT2D eigenvalue weighted by atomic mass is 9.76. The quantitative estimate of drug-likeness (QED) is 0.737. The van der Waals surface area contributed by atoms with Crippen molar-refractivity contribution in [2.75, 3.05) is 6.61 Å². The van der Waals surface area contributed by atoms with Crippen LogP contribution in [0.25, 0.3) is 0 Å². The Bertz CT molecular complexity index is 262. The first-order chi connectivity index (χ1) is 8.31. The molecule has 1 fully saturated rings. The van der Waals surface area contributed by atoms with Gasteiger partial charge in [0.2, 0.25) is 0 Å². The molecular weight excluding hydrogens is 210 g/mol. The molecule has 2 heteroatoms. The van der Waals surface area contributed by atoms with Crippen LogP contribution in [0.2, 0.25) is 0 Å². The summed E-state index contributed by atoms with van der Waals surface area (Å²) in [5.74, 6) is 0.748. The maximum absolute atomic E-state index is 9.18. The first kappa shape index (κ1) is 13.1. The molecule has 2 rings (SSSR count). The van der Waals surface area contributed by atoms with Gasteiger partial charge >= 0.3 is 0 Å². The zero-order chi connectivity index (χ0) is 12.1. The minimum atomic E-state index is 0.241. The van der Waals surface area contributed by atoms with Crippen LogP contribution in [0.3, 0.4) is 0 Å². The molecule has 0 aliphatic heterocycles. The molecule has 17 heavy (non-hydrogen) atoms. The number of hydrogen-bond acceptors (Lipinski definition) is 2. The summed E-state index contributed by atoms with van der Waals surface area (Å²) in [6.07, 6.45) is 13.2.